The zero-order chi connectivity index (χ0) is 16.4. The van der Waals surface area contributed by atoms with Gasteiger partial charge in [-0.25, -0.2) is 4.98 Å². The largest absolute Gasteiger partial charge is 0.346 e. The number of hydrogen-bond donors (Lipinski definition) is 1. The monoisotopic (exact) mass is 352 g/mol. The molecule has 1 unspecified atom stereocenters. The standard InChI is InChI=1S/C19H16N2OS2/c22-18(9-10-19-21-15-6-2-4-8-17(15)24-19)20-14-11-12-23-16-7-3-1-5-13(14)16/h1-10,14H,11-12H2,(H,20,22). The molecule has 3 nitrogen and oxygen atoms in total. The van der Waals surface area contributed by atoms with E-state index in [1.165, 1.54) is 10.5 Å². The van der Waals surface area contributed by atoms with Crippen molar-refractivity contribution in [2.24, 2.45) is 0 Å². The Kier molecular flexibility index (Phi) is 4.36. The van der Waals surface area contributed by atoms with Gasteiger partial charge in [-0.2, -0.15) is 0 Å². The lowest BCUT2D eigenvalue weighted by molar-refractivity contribution is -0.117. The number of para-hydroxylation sites is 1. The first-order chi connectivity index (χ1) is 11.8. The van der Waals surface area contributed by atoms with Gasteiger partial charge < -0.3 is 5.32 Å². The smallest absolute Gasteiger partial charge is 0.244 e. The van der Waals surface area contributed by atoms with Gasteiger partial charge in [0.2, 0.25) is 5.91 Å². The quantitative estimate of drug-likeness (QED) is 0.697. The number of thioether (sulfide) groups is 1. The third-order valence-corrected chi connectivity index (χ3v) is 6.09. The Morgan fingerprint density at radius 3 is 2.92 bits per heavy atom. The summed E-state index contributed by atoms with van der Waals surface area (Å²) in [6.45, 7) is 0. The molecule has 1 amide bonds. The van der Waals surface area contributed by atoms with E-state index in [0.29, 0.717) is 0 Å². The minimum absolute atomic E-state index is 0.0686. The van der Waals surface area contributed by atoms with Gasteiger partial charge in [-0.05, 0) is 36.3 Å². The average Bonchev–Trinajstić information content (AvgIpc) is 3.03. The normalized spacial score (nSPS) is 17.1. The highest BCUT2D eigenvalue weighted by Gasteiger charge is 2.21. The van der Waals surface area contributed by atoms with E-state index in [9.17, 15) is 4.79 Å². The van der Waals surface area contributed by atoms with Gasteiger partial charge in [0.05, 0.1) is 16.3 Å². The molecule has 120 valence electrons. The van der Waals surface area contributed by atoms with Crippen LogP contribution >= 0.6 is 23.1 Å². The van der Waals surface area contributed by atoms with Crippen molar-refractivity contribution in [3.8, 4) is 0 Å². The van der Waals surface area contributed by atoms with Gasteiger partial charge in [0, 0.05) is 16.7 Å². The van der Waals surface area contributed by atoms with Crippen LogP contribution in [0.2, 0.25) is 0 Å². The molecule has 1 aromatic heterocycles. The molecule has 2 aromatic carbocycles. The molecule has 0 aliphatic carbocycles. The highest BCUT2D eigenvalue weighted by molar-refractivity contribution is 7.99. The number of rotatable bonds is 3. The fourth-order valence-electron chi connectivity index (χ4n) is 2.82. The summed E-state index contributed by atoms with van der Waals surface area (Å²) in [5, 5.41) is 3.97. The van der Waals surface area contributed by atoms with Crippen LogP contribution in [0.4, 0.5) is 0 Å². The minimum atomic E-state index is -0.0686. The van der Waals surface area contributed by atoms with E-state index in [0.717, 1.165) is 27.4 Å². The lowest BCUT2D eigenvalue weighted by Crippen LogP contribution is -2.29. The summed E-state index contributed by atoms with van der Waals surface area (Å²) in [5.74, 6) is 0.963. The Hall–Kier alpha value is -2.11. The van der Waals surface area contributed by atoms with Gasteiger partial charge in [-0.3, -0.25) is 4.79 Å². The molecule has 0 bridgehead atoms. The number of thiazole rings is 1. The lowest BCUT2D eigenvalue weighted by Gasteiger charge is -2.25. The second kappa shape index (κ2) is 6.79. The van der Waals surface area contributed by atoms with E-state index in [4.69, 9.17) is 0 Å². The predicted octanol–water partition coefficient (Wildman–Crippen LogP) is 4.66. The second-order valence-corrected chi connectivity index (χ2v) is 7.79. The van der Waals surface area contributed by atoms with Crippen molar-refractivity contribution >= 4 is 45.3 Å². The Balaban J connectivity index is 1.47. The first-order valence-corrected chi connectivity index (χ1v) is 9.66. The van der Waals surface area contributed by atoms with Crippen LogP contribution in [0.3, 0.4) is 0 Å². The van der Waals surface area contributed by atoms with Crippen LogP contribution in [0.1, 0.15) is 23.0 Å². The first kappa shape index (κ1) is 15.4. The van der Waals surface area contributed by atoms with E-state index in [2.05, 4.69) is 22.4 Å². The summed E-state index contributed by atoms with van der Waals surface area (Å²) in [7, 11) is 0. The molecule has 0 spiro atoms. The Morgan fingerprint density at radius 2 is 2.00 bits per heavy atom. The second-order valence-electron chi connectivity index (χ2n) is 5.59. The number of amides is 1. The molecule has 1 aliphatic rings. The molecule has 4 rings (SSSR count). The molecule has 0 fully saturated rings. The summed E-state index contributed by atoms with van der Waals surface area (Å²) in [4.78, 5) is 18.1. The number of nitrogens with one attached hydrogen (secondary N) is 1. The van der Waals surface area contributed by atoms with Crippen LogP contribution in [0, 0.1) is 0 Å². The van der Waals surface area contributed by atoms with Crippen LogP contribution in [-0.2, 0) is 4.79 Å². The maximum atomic E-state index is 12.3. The topological polar surface area (TPSA) is 42.0 Å². The molecular weight excluding hydrogens is 336 g/mol. The summed E-state index contributed by atoms with van der Waals surface area (Å²) in [6, 6.07) is 16.4. The molecule has 24 heavy (non-hydrogen) atoms. The van der Waals surface area contributed by atoms with Crippen LogP contribution in [0.25, 0.3) is 16.3 Å². The van der Waals surface area contributed by atoms with Gasteiger partial charge >= 0.3 is 0 Å². The van der Waals surface area contributed by atoms with Crippen LogP contribution < -0.4 is 5.32 Å². The molecule has 1 atom stereocenters. The fourth-order valence-corrected chi connectivity index (χ4v) is 4.82. The van der Waals surface area contributed by atoms with Crippen LogP contribution in [0.15, 0.2) is 59.5 Å². The van der Waals surface area contributed by atoms with E-state index in [-0.39, 0.29) is 11.9 Å². The predicted molar refractivity (Wildman–Crippen MR) is 101 cm³/mol. The average molecular weight is 352 g/mol. The van der Waals surface area contributed by atoms with Crippen molar-refractivity contribution < 1.29 is 4.79 Å². The van der Waals surface area contributed by atoms with E-state index < -0.39 is 0 Å². The molecule has 0 saturated heterocycles. The van der Waals surface area contributed by atoms with Crippen LogP contribution in [0.5, 0.6) is 0 Å². The molecule has 0 saturated carbocycles. The Bertz CT molecular complexity index is 883. The number of nitrogens with zero attached hydrogens (tertiary/aromatic N) is 1. The molecule has 1 aliphatic heterocycles. The third-order valence-electron chi connectivity index (χ3n) is 3.96. The van der Waals surface area contributed by atoms with Gasteiger partial charge in [-0.1, -0.05) is 30.3 Å². The highest BCUT2D eigenvalue weighted by Crippen LogP contribution is 2.35. The van der Waals surface area contributed by atoms with Gasteiger partial charge in [-0.15, -0.1) is 23.1 Å². The number of hydrogen-bond acceptors (Lipinski definition) is 4. The van der Waals surface area contributed by atoms with E-state index in [1.54, 1.807) is 23.5 Å². The summed E-state index contributed by atoms with van der Waals surface area (Å²) in [6.07, 6.45) is 4.34. The molecule has 3 aromatic rings. The number of carbonyl (C=O) groups excluding carboxylic acids is 1. The number of benzene rings is 2. The minimum Gasteiger partial charge on any atom is -0.346 e. The zero-order valence-corrected chi connectivity index (χ0v) is 14.6. The summed E-state index contributed by atoms with van der Waals surface area (Å²) < 4.78 is 1.13. The zero-order valence-electron chi connectivity index (χ0n) is 12.9. The fraction of sp³-hybridized carbons (Fsp3) is 0.158. The van der Waals surface area contributed by atoms with Crippen molar-refractivity contribution in [1.29, 1.82) is 0 Å². The Labute approximate surface area is 148 Å². The van der Waals surface area contributed by atoms with Gasteiger partial charge in [0.15, 0.2) is 0 Å². The molecule has 1 N–H and O–H groups in total. The number of aromatic nitrogens is 1. The van der Waals surface area contributed by atoms with Crippen molar-refractivity contribution in [1.82, 2.24) is 10.3 Å². The van der Waals surface area contributed by atoms with E-state index in [1.807, 2.05) is 48.2 Å². The van der Waals surface area contributed by atoms with Crippen molar-refractivity contribution in [2.75, 3.05) is 5.75 Å². The molecular formula is C19H16N2OS2. The first-order valence-electron chi connectivity index (χ1n) is 7.85. The number of carbonyl (C=O) groups is 1. The van der Waals surface area contributed by atoms with Crippen molar-refractivity contribution in [3.63, 3.8) is 0 Å². The van der Waals surface area contributed by atoms with Crippen molar-refractivity contribution in [3.05, 3.63) is 65.2 Å². The third kappa shape index (κ3) is 3.23. The molecule has 2 heterocycles. The lowest BCUT2D eigenvalue weighted by atomic mass is 10.0. The number of fused-ring (bicyclic) bond motifs is 2. The summed E-state index contributed by atoms with van der Waals surface area (Å²) in [5.41, 5.74) is 2.19. The maximum Gasteiger partial charge on any atom is 0.244 e. The summed E-state index contributed by atoms with van der Waals surface area (Å²) >= 11 is 3.45. The van der Waals surface area contributed by atoms with Crippen molar-refractivity contribution in [2.45, 2.75) is 17.4 Å². The van der Waals surface area contributed by atoms with Gasteiger partial charge in [0.1, 0.15) is 5.01 Å². The molecule has 5 heteroatoms. The SMILES string of the molecule is O=C(C=Cc1nc2ccccc2s1)NC1CCSc2ccccc21. The highest BCUT2D eigenvalue weighted by atomic mass is 32.2. The van der Waals surface area contributed by atoms with E-state index >= 15 is 0 Å². The van der Waals surface area contributed by atoms with Crippen LogP contribution in [-0.4, -0.2) is 16.6 Å². The maximum absolute atomic E-state index is 12.3. The Morgan fingerprint density at radius 1 is 1.17 bits per heavy atom. The molecule has 0 radical (unpaired) electrons. The van der Waals surface area contributed by atoms with Gasteiger partial charge in [0.25, 0.3) is 0 Å².